The van der Waals surface area contributed by atoms with Gasteiger partial charge in [-0.25, -0.2) is 4.98 Å². The molecule has 1 aliphatic carbocycles. The van der Waals surface area contributed by atoms with Gasteiger partial charge in [-0.1, -0.05) is 37.8 Å². The Morgan fingerprint density at radius 1 is 1.06 bits per heavy atom. The van der Waals surface area contributed by atoms with Crippen molar-refractivity contribution in [2.24, 2.45) is 5.73 Å². The number of nitrogens with one attached hydrogen (secondary N) is 2. The monoisotopic (exact) mass is 441 g/mol. The summed E-state index contributed by atoms with van der Waals surface area (Å²) in [6.07, 6.45) is 10.8. The van der Waals surface area contributed by atoms with Crippen LogP contribution in [0.15, 0.2) is 30.6 Å². The molecule has 166 valence electrons. The molecule has 0 aliphatic heterocycles. The largest absolute Gasteiger partial charge is 0.351 e. The Bertz CT molecular complexity index is 978. The van der Waals surface area contributed by atoms with Gasteiger partial charge < -0.3 is 20.9 Å². The number of anilines is 3. The maximum Gasteiger partial charge on any atom is 0.227 e. The first-order valence-electron chi connectivity index (χ1n) is 11.4. The van der Waals surface area contributed by atoms with Crippen molar-refractivity contribution < 1.29 is 0 Å². The molecule has 31 heavy (non-hydrogen) atoms. The highest BCUT2D eigenvalue weighted by atomic mass is 35.5. The number of aryl methyl sites for hydroxylation is 1. The van der Waals surface area contributed by atoms with Crippen molar-refractivity contribution in [3.63, 3.8) is 0 Å². The fourth-order valence-electron chi connectivity index (χ4n) is 4.08. The van der Waals surface area contributed by atoms with Crippen LogP contribution in [-0.4, -0.2) is 31.6 Å². The van der Waals surface area contributed by atoms with Crippen LogP contribution in [0.5, 0.6) is 0 Å². The predicted molar refractivity (Wildman–Crippen MR) is 128 cm³/mol. The van der Waals surface area contributed by atoms with Gasteiger partial charge in [-0.05, 0) is 56.4 Å². The number of unbranched alkanes of at least 4 members (excludes halogenated alkanes) is 3. The third-order valence-corrected chi connectivity index (χ3v) is 6.18. The summed E-state index contributed by atoms with van der Waals surface area (Å²) in [4.78, 5) is 14.3. The lowest BCUT2D eigenvalue weighted by Crippen LogP contribution is -2.33. The van der Waals surface area contributed by atoms with Gasteiger partial charge in [0.15, 0.2) is 17.0 Å². The van der Waals surface area contributed by atoms with Gasteiger partial charge in [0.25, 0.3) is 0 Å². The first-order chi connectivity index (χ1) is 15.1. The van der Waals surface area contributed by atoms with Crippen LogP contribution in [-0.2, 0) is 6.54 Å². The number of imidazole rings is 1. The number of nitrogens with zero attached hydrogens (tertiary/aromatic N) is 4. The van der Waals surface area contributed by atoms with Crippen LogP contribution in [0.2, 0.25) is 5.02 Å². The van der Waals surface area contributed by atoms with Crippen molar-refractivity contribution in [1.29, 1.82) is 0 Å². The zero-order chi connectivity index (χ0) is 21.6. The van der Waals surface area contributed by atoms with Crippen LogP contribution in [0, 0.1) is 0 Å². The standard InChI is InChI=1S/C23H32ClN7/c1-2-3-4-5-14-31-15-26-20-21(27-18-10-6-16(24)7-11-18)29-23(30-22(20)31)28-19-12-8-17(25)9-13-19/h6-7,10-11,15,17,19H,2-5,8-9,12-14,25H2,1H3,(H2,27,28,29,30). The van der Waals surface area contributed by atoms with E-state index in [4.69, 9.17) is 27.3 Å². The maximum absolute atomic E-state index is 6.07. The third-order valence-electron chi connectivity index (χ3n) is 5.93. The molecule has 1 saturated carbocycles. The SMILES string of the molecule is CCCCCCn1cnc2c(Nc3ccc(Cl)cc3)nc(NC3CCC(N)CC3)nc21. The Balaban J connectivity index is 1.61. The minimum absolute atomic E-state index is 0.313. The summed E-state index contributed by atoms with van der Waals surface area (Å²) in [6, 6.07) is 8.26. The van der Waals surface area contributed by atoms with Crippen LogP contribution < -0.4 is 16.4 Å². The quantitative estimate of drug-likeness (QED) is 0.380. The van der Waals surface area contributed by atoms with Gasteiger partial charge >= 0.3 is 0 Å². The summed E-state index contributed by atoms with van der Waals surface area (Å²) < 4.78 is 2.14. The van der Waals surface area contributed by atoms with Crippen molar-refractivity contribution in [1.82, 2.24) is 19.5 Å². The summed E-state index contributed by atoms with van der Waals surface area (Å²) in [5.74, 6) is 1.34. The molecule has 1 fully saturated rings. The number of halogens is 1. The van der Waals surface area contributed by atoms with E-state index in [1.807, 2.05) is 30.6 Å². The Morgan fingerprint density at radius 3 is 2.58 bits per heavy atom. The van der Waals surface area contributed by atoms with E-state index >= 15 is 0 Å². The van der Waals surface area contributed by atoms with Crippen molar-refractivity contribution in [3.05, 3.63) is 35.6 Å². The lowest BCUT2D eigenvalue weighted by molar-refractivity contribution is 0.410. The Morgan fingerprint density at radius 2 is 1.84 bits per heavy atom. The van der Waals surface area contributed by atoms with E-state index in [0.29, 0.717) is 28.9 Å². The highest BCUT2D eigenvalue weighted by Gasteiger charge is 2.21. The summed E-state index contributed by atoms with van der Waals surface area (Å²) in [5, 5.41) is 7.65. The van der Waals surface area contributed by atoms with Crippen molar-refractivity contribution in [2.45, 2.75) is 76.9 Å². The Kier molecular flexibility index (Phi) is 7.25. The summed E-state index contributed by atoms with van der Waals surface area (Å²) in [5.41, 5.74) is 8.62. The Hall–Kier alpha value is -2.38. The zero-order valence-corrected chi connectivity index (χ0v) is 18.9. The number of rotatable bonds is 9. The second kappa shape index (κ2) is 10.3. The highest BCUT2D eigenvalue weighted by Crippen LogP contribution is 2.27. The second-order valence-corrected chi connectivity index (χ2v) is 8.89. The zero-order valence-electron chi connectivity index (χ0n) is 18.1. The molecule has 4 N–H and O–H groups in total. The molecule has 8 heteroatoms. The molecule has 2 aromatic heterocycles. The summed E-state index contributed by atoms with van der Waals surface area (Å²) in [7, 11) is 0. The van der Waals surface area contributed by atoms with Crippen LogP contribution in [0.1, 0.15) is 58.3 Å². The lowest BCUT2D eigenvalue weighted by Gasteiger charge is -2.26. The molecule has 4 rings (SSSR count). The van der Waals surface area contributed by atoms with E-state index in [1.165, 1.54) is 19.3 Å². The molecule has 2 heterocycles. The van der Waals surface area contributed by atoms with Gasteiger partial charge in [0.2, 0.25) is 5.95 Å². The van der Waals surface area contributed by atoms with Crippen molar-refractivity contribution in [2.75, 3.05) is 10.6 Å². The predicted octanol–water partition coefficient (Wildman–Crippen LogP) is 5.49. The van der Waals surface area contributed by atoms with Gasteiger partial charge in [0.1, 0.15) is 0 Å². The molecule has 1 aliphatic rings. The first kappa shape index (κ1) is 21.8. The lowest BCUT2D eigenvalue weighted by atomic mass is 9.92. The average Bonchev–Trinajstić information content (AvgIpc) is 3.18. The number of benzene rings is 1. The number of aromatic nitrogens is 4. The molecule has 7 nitrogen and oxygen atoms in total. The number of hydrogen-bond acceptors (Lipinski definition) is 6. The van der Waals surface area contributed by atoms with Gasteiger partial charge in [0, 0.05) is 29.3 Å². The summed E-state index contributed by atoms with van der Waals surface area (Å²) >= 11 is 6.04. The number of nitrogens with two attached hydrogens (primary N) is 1. The van der Waals surface area contributed by atoms with Crippen molar-refractivity contribution in [3.8, 4) is 0 Å². The highest BCUT2D eigenvalue weighted by molar-refractivity contribution is 6.30. The number of fused-ring (bicyclic) bond motifs is 1. The number of hydrogen-bond donors (Lipinski definition) is 3. The molecule has 0 saturated heterocycles. The van der Waals surface area contributed by atoms with Crippen LogP contribution >= 0.6 is 11.6 Å². The van der Waals surface area contributed by atoms with E-state index in [-0.39, 0.29) is 0 Å². The molecule has 0 radical (unpaired) electrons. The summed E-state index contributed by atoms with van der Waals surface area (Å²) in [6.45, 7) is 3.14. The molecule has 0 amide bonds. The van der Waals surface area contributed by atoms with E-state index in [1.54, 1.807) is 0 Å². The minimum Gasteiger partial charge on any atom is -0.351 e. The van der Waals surface area contributed by atoms with E-state index in [9.17, 15) is 0 Å². The minimum atomic E-state index is 0.313. The molecule has 0 bridgehead atoms. The fraction of sp³-hybridized carbons (Fsp3) is 0.522. The molecular weight excluding hydrogens is 410 g/mol. The maximum atomic E-state index is 6.07. The molecule has 0 unspecified atom stereocenters. The molecule has 1 aromatic carbocycles. The van der Waals surface area contributed by atoms with Crippen LogP contribution in [0.3, 0.4) is 0 Å². The van der Waals surface area contributed by atoms with Gasteiger partial charge in [-0.2, -0.15) is 9.97 Å². The molecule has 0 spiro atoms. The normalized spacial score (nSPS) is 18.9. The van der Waals surface area contributed by atoms with E-state index in [0.717, 1.165) is 55.5 Å². The van der Waals surface area contributed by atoms with Crippen molar-refractivity contribution >= 4 is 40.2 Å². The van der Waals surface area contributed by atoms with E-state index < -0.39 is 0 Å². The molecular formula is C23H32ClN7. The van der Waals surface area contributed by atoms with Gasteiger partial charge in [0.05, 0.1) is 6.33 Å². The average molecular weight is 442 g/mol. The Labute approximate surface area is 188 Å². The van der Waals surface area contributed by atoms with E-state index in [2.05, 4.69) is 27.1 Å². The third kappa shape index (κ3) is 5.66. The molecule has 3 aromatic rings. The second-order valence-electron chi connectivity index (χ2n) is 8.45. The fourth-order valence-corrected chi connectivity index (χ4v) is 4.21. The van der Waals surface area contributed by atoms with Crippen LogP contribution in [0.25, 0.3) is 11.2 Å². The van der Waals surface area contributed by atoms with Gasteiger partial charge in [-0.15, -0.1) is 0 Å². The molecule has 0 atom stereocenters. The first-order valence-corrected chi connectivity index (χ1v) is 11.8. The topological polar surface area (TPSA) is 93.7 Å². The smallest absolute Gasteiger partial charge is 0.227 e. The van der Waals surface area contributed by atoms with Gasteiger partial charge in [-0.3, -0.25) is 0 Å². The van der Waals surface area contributed by atoms with Crippen LogP contribution in [0.4, 0.5) is 17.5 Å².